The van der Waals surface area contributed by atoms with Gasteiger partial charge in [-0.25, -0.2) is 0 Å². The summed E-state index contributed by atoms with van der Waals surface area (Å²) in [7, 11) is 0. The van der Waals surface area contributed by atoms with Crippen LogP contribution in [-0.4, -0.2) is 11.9 Å². The van der Waals surface area contributed by atoms with Gasteiger partial charge in [-0.15, -0.1) is 11.8 Å². The first kappa shape index (κ1) is 45.9. The summed E-state index contributed by atoms with van der Waals surface area (Å²) in [6.45, 7) is 34.7. The summed E-state index contributed by atoms with van der Waals surface area (Å²) in [6.07, 6.45) is 13.3. The first-order chi connectivity index (χ1) is 32.8. The summed E-state index contributed by atoms with van der Waals surface area (Å²) >= 11 is 2.20. The molecule has 3 aliphatic heterocycles. The van der Waals surface area contributed by atoms with Crippen molar-refractivity contribution < 1.29 is 0 Å². The third-order valence-electron chi connectivity index (χ3n) is 20.7. The quantitative estimate of drug-likeness (QED) is 0.166. The van der Waals surface area contributed by atoms with Crippen LogP contribution in [0.5, 0.6) is 0 Å². The van der Waals surface area contributed by atoms with Crippen molar-refractivity contribution in [2.24, 2.45) is 17.8 Å². The smallest absolute Gasteiger partial charge is 0.233 e. The van der Waals surface area contributed by atoms with Crippen LogP contribution in [0.4, 0.5) is 28.4 Å². The predicted molar refractivity (Wildman–Crippen MR) is 301 cm³/mol. The highest BCUT2D eigenvalue weighted by atomic mass is 32.2. The highest BCUT2D eigenvalue weighted by molar-refractivity contribution is 8.02. The Bertz CT molecular complexity index is 2970. The largest absolute Gasteiger partial charge is 0.334 e. The normalized spacial score (nSPS) is 28.9. The molecule has 5 aromatic carbocycles. The lowest BCUT2D eigenvalue weighted by molar-refractivity contribution is -0.00514. The molecule has 0 radical (unpaired) electrons. The maximum absolute atomic E-state index is 2.96. The van der Waals surface area contributed by atoms with Crippen molar-refractivity contribution >= 4 is 57.8 Å². The van der Waals surface area contributed by atoms with E-state index in [1.165, 1.54) is 114 Å². The van der Waals surface area contributed by atoms with E-state index < -0.39 is 0 Å². The fraction of sp³-hybridized carbons (Fsp3) is 0.545. The van der Waals surface area contributed by atoms with Crippen molar-refractivity contribution in [3.8, 4) is 0 Å². The van der Waals surface area contributed by atoms with E-state index in [0.717, 1.165) is 17.8 Å². The van der Waals surface area contributed by atoms with Gasteiger partial charge in [-0.2, -0.15) is 0 Å². The summed E-state index contributed by atoms with van der Waals surface area (Å²) in [5, 5.41) is 0.296. The molecule has 4 heteroatoms. The van der Waals surface area contributed by atoms with Gasteiger partial charge in [0.15, 0.2) is 0 Å². The zero-order valence-corrected chi connectivity index (χ0v) is 46.2. The molecule has 70 heavy (non-hydrogen) atoms. The molecule has 364 valence electrons. The Morgan fingerprint density at radius 3 is 1.61 bits per heavy atom. The first-order valence-electron chi connectivity index (χ1n) is 27.9. The van der Waals surface area contributed by atoms with Crippen LogP contribution in [-0.2, 0) is 37.9 Å². The average molecular weight is 945 g/mol. The lowest BCUT2D eigenvalue weighted by Crippen LogP contribution is -2.63. The average Bonchev–Trinajstić information content (AvgIpc) is 3.66. The molecule has 6 aliphatic carbocycles. The van der Waals surface area contributed by atoms with E-state index >= 15 is 0 Å². The molecule has 0 aromatic heterocycles. The maximum atomic E-state index is 2.96. The molecule has 4 bridgehead atoms. The summed E-state index contributed by atoms with van der Waals surface area (Å²) < 4.78 is 0. The van der Waals surface area contributed by atoms with Crippen molar-refractivity contribution in [1.29, 1.82) is 0 Å². The molecule has 3 heterocycles. The van der Waals surface area contributed by atoms with Crippen LogP contribution in [0.1, 0.15) is 212 Å². The molecule has 0 saturated heterocycles. The lowest BCUT2D eigenvalue weighted by atomic mass is 9.33. The van der Waals surface area contributed by atoms with E-state index in [1.54, 1.807) is 38.7 Å². The van der Waals surface area contributed by atoms with Gasteiger partial charge in [0, 0.05) is 38.5 Å². The van der Waals surface area contributed by atoms with Crippen molar-refractivity contribution in [3.05, 3.63) is 129 Å². The van der Waals surface area contributed by atoms with Crippen LogP contribution in [0.3, 0.4) is 0 Å². The molecule has 0 amide bonds. The highest BCUT2D eigenvalue weighted by Gasteiger charge is 2.57. The highest BCUT2D eigenvalue weighted by Crippen LogP contribution is 2.64. The van der Waals surface area contributed by atoms with Crippen LogP contribution in [0.2, 0.25) is 0 Å². The van der Waals surface area contributed by atoms with Gasteiger partial charge in [0.1, 0.15) is 0 Å². The fourth-order valence-electron chi connectivity index (χ4n) is 16.6. The van der Waals surface area contributed by atoms with Gasteiger partial charge >= 0.3 is 0 Å². The van der Waals surface area contributed by atoms with Crippen molar-refractivity contribution in [1.82, 2.24) is 0 Å². The van der Waals surface area contributed by atoms with Gasteiger partial charge in [0.25, 0.3) is 0 Å². The molecule has 4 fully saturated rings. The number of anilines is 5. The molecule has 5 aromatic rings. The van der Waals surface area contributed by atoms with Gasteiger partial charge in [-0.3, -0.25) is 0 Å². The van der Waals surface area contributed by atoms with Crippen LogP contribution in [0.25, 0.3) is 0 Å². The minimum atomic E-state index is 0.0490. The number of thioether (sulfide) groups is 1. The van der Waals surface area contributed by atoms with E-state index in [9.17, 15) is 0 Å². The van der Waals surface area contributed by atoms with Crippen LogP contribution >= 0.6 is 11.8 Å². The Kier molecular flexibility index (Phi) is 9.62. The predicted octanol–water partition coefficient (Wildman–Crippen LogP) is 16.7. The topological polar surface area (TPSA) is 6.48 Å². The fourth-order valence-corrected chi connectivity index (χ4v) is 18.2. The second-order valence-electron chi connectivity index (χ2n) is 29.4. The molecule has 2 nitrogen and oxygen atoms in total. The van der Waals surface area contributed by atoms with Gasteiger partial charge in [-0.05, 0) is 224 Å². The number of hydrogen-bond donors (Lipinski definition) is 0. The SMILES string of the molecule is CC(C)(C)c1ccc(N2c3cc4c(cc3B3c5c2cc(C26CC7CC(CC(C7)C2)C6)cc5N(c2ccc5c(c2)C(C)(C)CCC5(C)C)C2c5cc(C(C)(C)C)ccc5SC32)C(C)(C)CCC4(C)C)cc1. The Hall–Kier alpha value is -3.89. The number of nitrogens with zero attached hydrogens (tertiary/aromatic N) is 2. The van der Waals surface area contributed by atoms with Crippen molar-refractivity contribution in [2.75, 3.05) is 9.80 Å². The summed E-state index contributed by atoms with van der Waals surface area (Å²) in [5.41, 5.74) is 23.2. The minimum absolute atomic E-state index is 0.0490. The molecule has 9 aliphatic rings. The molecule has 2 unspecified atom stereocenters. The molecular weight excluding hydrogens is 864 g/mol. The maximum Gasteiger partial charge on any atom is 0.233 e. The third-order valence-corrected chi connectivity index (χ3v) is 22.1. The number of rotatable bonds is 3. The zero-order valence-electron chi connectivity index (χ0n) is 45.4. The number of benzene rings is 5. The number of fused-ring (bicyclic) bond motifs is 8. The van der Waals surface area contributed by atoms with Gasteiger partial charge in [0.2, 0.25) is 6.71 Å². The van der Waals surface area contributed by atoms with Crippen molar-refractivity contribution in [2.45, 2.75) is 215 Å². The van der Waals surface area contributed by atoms with Crippen LogP contribution in [0.15, 0.2) is 89.8 Å². The Labute approximate surface area is 427 Å². The summed E-state index contributed by atoms with van der Waals surface area (Å²) in [6, 6.07) is 36.7. The second-order valence-corrected chi connectivity index (χ2v) is 30.6. The monoisotopic (exact) mass is 945 g/mol. The third kappa shape index (κ3) is 6.71. The summed E-state index contributed by atoms with van der Waals surface area (Å²) in [5.74, 6) is 2.60. The van der Waals surface area contributed by atoms with E-state index in [4.69, 9.17) is 0 Å². The minimum Gasteiger partial charge on any atom is -0.334 e. The first-order valence-corrected chi connectivity index (χ1v) is 28.7. The van der Waals surface area contributed by atoms with E-state index in [-0.39, 0.29) is 50.7 Å². The molecular formula is C66H81BN2S. The molecule has 14 rings (SSSR count). The molecule has 0 N–H and O–H groups in total. The molecule has 0 spiro atoms. The van der Waals surface area contributed by atoms with Gasteiger partial charge < -0.3 is 9.80 Å². The van der Waals surface area contributed by atoms with Crippen LogP contribution in [0, 0.1) is 17.8 Å². The molecule has 2 atom stereocenters. The summed E-state index contributed by atoms with van der Waals surface area (Å²) in [4.78, 5) is 7.25. The zero-order chi connectivity index (χ0) is 49.0. The van der Waals surface area contributed by atoms with E-state index in [2.05, 4.69) is 203 Å². The Morgan fingerprint density at radius 1 is 0.514 bits per heavy atom. The van der Waals surface area contributed by atoms with Gasteiger partial charge in [0.05, 0.1) is 6.04 Å². The standard InChI is InChI=1S/C66H81BN2S/c1-60(2,3)42-15-18-45(19-16-42)68-53-35-51-50(64(11,12)25-26-65(51,13)14)34-52(53)67-57-54(68)31-44(66-36-39-27-40(37-66)29-41(28-39)38-66)32-55(57)69(46-20-21-48-49(33-46)63(9,10)24-23-62(48,7)8)58-47-30-43(61(4,5)6)17-22-56(47)70-59(58)67/h15-22,30-35,39-41,58-59H,23-29,36-38H2,1-14H3. The van der Waals surface area contributed by atoms with Crippen LogP contribution < -0.4 is 20.7 Å². The lowest BCUT2D eigenvalue weighted by Gasteiger charge is -2.58. The Morgan fingerprint density at radius 2 is 1.03 bits per heavy atom. The van der Waals surface area contributed by atoms with Gasteiger partial charge in [-0.1, -0.05) is 133 Å². The van der Waals surface area contributed by atoms with E-state index in [0.29, 0.717) is 5.15 Å². The van der Waals surface area contributed by atoms with Crippen molar-refractivity contribution in [3.63, 3.8) is 0 Å². The second kappa shape index (κ2) is 14.7. The number of hydrogen-bond acceptors (Lipinski definition) is 3. The van der Waals surface area contributed by atoms with E-state index in [1.807, 2.05) is 0 Å². The molecule has 4 saturated carbocycles. The Balaban J connectivity index is 1.15.